The van der Waals surface area contributed by atoms with Crippen molar-refractivity contribution in [3.05, 3.63) is 72.1 Å². The lowest BCUT2D eigenvalue weighted by Gasteiger charge is -2.10. The molecule has 0 amide bonds. The first-order valence-electron chi connectivity index (χ1n) is 6.46. The average Bonchev–Trinajstić information content (AvgIpc) is 2.46. The number of anilines is 1. The van der Waals surface area contributed by atoms with E-state index in [2.05, 4.69) is 59.7 Å². The van der Waals surface area contributed by atoms with Gasteiger partial charge in [-0.2, -0.15) is 0 Å². The van der Waals surface area contributed by atoms with Crippen molar-refractivity contribution in [3.8, 4) is 0 Å². The molecule has 3 aromatic rings. The molecule has 3 rings (SSSR count). The number of nitrogens with one attached hydrogen (secondary N) is 1. The van der Waals surface area contributed by atoms with E-state index in [-0.39, 0.29) is 0 Å². The van der Waals surface area contributed by atoms with E-state index in [1.165, 1.54) is 21.9 Å². The predicted octanol–water partition coefficient (Wildman–Crippen LogP) is 4.16. The molecule has 0 unspecified atom stereocenters. The van der Waals surface area contributed by atoms with Gasteiger partial charge in [0.1, 0.15) is 0 Å². The molecule has 19 heavy (non-hydrogen) atoms. The Bertz CT molecular complexity index is 699. The van der Waals surface area contributed by atoms with Crippen LogP contribution < -0.4 is 5.32 Å². The second-order valence-electron chi connectivity index (χ2n) is 4.68. The Labute approximate surface area is 113 Å². The molecule has 0 atom stereocenters. The summed E-state index contributed by atoms with van der Waals surface area (Å²) in [6, 6.07) is 16.9. The van der Waals surface area contributed by atoms with Gasteiger partial charge >= 0.3 is 0 Å². The van der Waals surface area contributed by atoms with Crippen molar-refractivity contribution in [2.45, 2.75) is 13.5 Å². The van der Waals surface area contributed by atoms with Gasteiger partial charge in [-0.15, -0.1) is 0 Å². The number of pyridine rings is 1. The molecule has 0 radical (unpaired) electrons. The van der Waals surface area contributed by atoms with Crippen LogP contribution >= 0.6 is 0 Å². The maximum absolute atomic E-state index is 4.16. The maximum Gasteiger partial charge on any atom is 0.0559 e. The molecule has 0 saturated carbocycles. The molecule has 94 valence electrons. The molecule has 0 aliphatic carbocycles. The number of rotatable bonds is 3. The van der Waals surface area contributed by atoms with Crippen LogP contribution in [0.5, 0.6) is 0 Å². The molecule has 2 nitrogen and oxygen atoms in total. The minimum Gasteiger partial charge on any atom is -0.379 e. The number of nitrogens with zero attached hydrogens (tertiary/aromatic N) is 1. The quantitative estimate of drug-likeness (QED) is 0.753. The van der Waals surface area contributed by atoms with Crippen molar-refractivity contribution in [1.29, 1.82) is 0 Å². The topological polar surface area (TPSA) is 24.9 Å². The van der Waals surface area contributed by atoms with Crippen molar-refractivity contribution in [2.24, 2.45) is 0 Å². The van der Waals surface area contributed by atoms with Gasteiger partial charge < -0.3 is 5.32 Å². The van der Waals surface area contributed by atoms with Gasteiger partial charge in [-0.25, -0.2) is 0 Å². The molecular formula is C17H16N2. The minimum absolute atomic E-state index is 0.813. The van der Waals surface area contributed by atoms with Crippen LogP contribution in [-0.2, 0) is 6.54 Å². The smallest absolute Gasteiger partial charge is 0.0559 e. The summed E-state index contributed by atoms with van der Waals surface area (Å²) in [5.41, 5.74) is 3.62. The summed E-state index contributed by atoms with van der Waals surface area (Å²) in [5, 5.41) is 6.05. The molecule has 0 fully saturated rings. The van der Waals surface area contributed by atoms with Crippen LogP contribution in [0.2, 0.25) is 0 Å². The minimum atomic E-state index is 0.813. The fourth-order valence-electron chi connectivity index (χ4n) is 2.29. The number of aryl methyl sites for hydroxylation is 1. The predicted molar refractivity (Wildman–Crippen MR) is 80.2 cm³/mol. The number of fused-ring (bicyclic) bond motifs is 1. The van der Waals surface area contributed by atoms with E-state index in [0.717, 1.165) is 12.2 Å². The largest absolute Gasteiger partial charge is 0.379 e. The van der Waals surface area contributed by atoms with Gasteiger partial charge in [0.05, 0.1) is 11.9 Å². The normalized spacial score (nSPS) is 10.6. The Morgan fingerprint density at radius 3 is 2.74 bits per heavy atom. The van der Waals surface area contributed by atoms with Crippen molar-refractivity contribution < 1.29 is 0 Å². The molecule has 0 spiro atoms. The van der Waals surface area contributed by atoms with Crippen LogP contribution in [0, 0.1) is 6.92 Å². The average molecular weight is 248 g/mol. The van der Waals surface area contributed by atoms with Crippen LogP contribution in [-0.4, -0.2) is 4.98 Å². The third-order valence-electron chi connectivity index (χ3n) is 3.39. The molecule has 2 aromatic carbocycles. The third-order valence-corrected chi connectivity index (χ3v) is 3.39. The van der Waals surface area contributed by atoms with Gasteiger partial charge in [0.2, 0.25) is 0 Å². The third kappa shape index (κ3) is 2.43. The van der Waals surface area contributed by atoms with E-state index in [1.807, 2.05) is 18.5 Å². The highest BCUT2D eigenvalue weighted by Crippen LogP contribution is 2.20. The molecule has 0 bridgehead atoms. The lowest BCUT2D eigenvalue weighted by Crippen LogP contribution is -2.01. The Kier molecular flexibility index (Phi) is 3.15. The summed E-state index contributed by atoms with van der Waals surface area (Å²) < 4.78 is 0. The first-order chi connectivity index (χ1) is 9.34. The standard InChI is InChI=1S/C17H16N2/c1-13-9-10-18-12-17(13)19-11-15-7-4-6-14-5-2-3-8-16(14)15/h2-10,12,19H,11H2,1H3. The summed E-state index contributed by atoms with van der Waals surface area (Å²) in [6.07, 6.45) is 3.69. The Morgan fingerprint density at radius 1 is 1.00 bits per heavy atom. The number of aromatic nitrogens is 1. The van der Waals surface area contributed by atoms with Gasteiger partial charge in [0.15, 0.2) is 0 Å². The summed E-state index contributed by atoms with van der Waals surface area (Å²) >= 11 is 0. The number of hydrogen-bond donors (Lipinski definition) is 1. The zero-order chi connectivity index (χ0) is 13.1. The molecule has 1 N–H and O–H groups in total. The monoisotopic (exact) mass is 248 g/mol. The van der Waals surface area contributed by atoms with Gasteiger partial charge in [-0.1, -0.05) is 42.5 Å². The first kappa shape index (κ1) is 11.7. The van der Waals surface area contributed by atoms with Crippen LogP contribution in [0.1, 0.15) is 11.1 Å². The maximum atomic E-state index is 4.16. The summed E-state index contributed by atoms with van der Waals surface area (Å²) in [5.74, 6) is 0. The number of benzene rings is 2. The zero-order valence-electron chi connectivity index (χ0n) is 10.9. The van der Waals surface area contributed by atoms with Crippen LogP contribution in [0.15, 0.2) is 60.9 Å². The second kappa shape index (κ2) is 5.11. The highest BCUT2D eigenvalue weighted by atomic mass is 14.9. The van der Waals surface area contributed by atoms with Crippen molar-refractivity contribution in [1.82, 2.24) is 4.98 Å². The Balaban J connectivity index is 1.88. The number of hydrogen-bond acceptors (Lipinski definition) is 2. The fraction of sp³-hybridized carbons (Fsp3) is 0.118. The molecule has 1 aromatic heterocycles. The molecule has 1 heterocycles. The van der Waals surface area contributed by atoms with E-state index in [1.54, 1.807) is 0 Å². The first-order valence-corrected chi connectivity index (χ1v) is 6.46. The molecule has 0 saturated heterocycles. The SMILES string of the molecule is Cc1ccncc1NCc1cccc2ccccc12. The van der Waals surface area contributed by atoms with Gasteiger partial charge in [-0.3, -0.25) is 4.98 Å². The van der Waals surface area contributed by atoms with Crippen LogP contribution in [0.3, 0.4) is 0 Å². The fourth-order valence-corrected chi connectivity index (χ4v) is 2.29. The Morgan fingerprint density at radius 2 is 1.84 bits per heavy atom. The molecule has 2 heteroatoms. The van der Waals surface area contributed by atoms with Gasteiger partial charge in [-0.05, 0) is 34.9 Å². The van der Waals surface area contributed by atoms with Gasteiger partial charge in [0.25, 0.3) is 0 Å². The molecular weight excluding hydrogens is 232 g/mol. The van der Waals surface area contributed by atoms with Crippen LogP contribution in [0.4, 0.5) is 5.69 Å². The highest BCUT2D eigenvalue weighted by Gasteiger charge is 2.01. The van der Waals surface area contributed by atoms with E-state index in [9.17, 15) is 0 Å². The summed E-state index contributed by atoms with van der Waals surface area (Å²) in [4.78, 5) is 4.16. The second-order valence-corrected chi connectivity index (χ2v) is 4.68. The van der Waals surface area contributed by atoms with Crippen LogP contribution in [0.25, 0.3) is 10.8 Å². The summed E-state index contributed by atoms with van der Waals surface area (Å²) in [6.45, 7) is 2.90. The highest BCUT2D eigenvalue weighted by molar-refractivity contribution is 5.85. The lowest BCUT2D eigenvalue weighted by molar-refractivity contribution is 1.14. The lowest BCUT2D eigenvalue weighted by atomic mass is 10.0. The summed E-state index contributed by atoms with van der Waals surface area (Å²) in [7, 11) is 0. The van der Waals surface area contributed by atoms with E-state index < -0.39 is 0 Å². The van der Waals surface area contributed by atoms with E-state index >= 15 is 0 Å². The van der Waals surface area contributed by atoms with Crippen molar-refractivity contribution >= 4 is 16.5 Å². The van der Waals surface area contributed by atoms with Gasteiger partial charge in [0, 0.05) is 12.7 Å². The van der Waals surface area contributed by atoms with E-state index in [0.29, 0.717) is 0 Å². The van der Waals surface area contributed by atoms with E-state index in [4.69, 9.17) is 0 Å². The van der Waals surface area contributed by atoms with Crippen molar-refractivity contribution in [3.63, 3.8) is 0 Å². The molecule has 0 aliphatic heterocycles. The molecule has 0 aliphatic rings. The Hall–Kier alpha value is -2.35. The zero-order valence-corrected chi connectivity index (χ0v) is 10.9. The van der Waals surface area contributed by atoms with Crippen molar-refractivity contribution in [2.75, 3.05) is 5.32 Å².